The number of hydrogen-bond donors (Lipinski definition) is 2. The first kappa shape index (κ1) is 24.9. The maximum absolute atomic E-state index is 12.3. The Bertz CT molecular complexity index is 1060. The smallest absolute Gasteiger partial charge is 0.235 e. The van der Waals surface area contributed by atoms with E-state index in [0.29, 0.717) is 47.8 Å². The molecule has 1 aromatic carbocycles. The summed E-state index contributed by atoms with van der Waals surface area (Å²) in [6.45, 7) is 2.31. The summed E-state index contributed by atoms with van der Waals surface area (Å²) in [5.74, 6) is -0.302. The first-order valence-corrected chi connectivity index (χ1v) is 11.1. The second-order valence-electron chi connectivity index (χ2n) is 7.14. The van der Waals surface area contributed by atoms with Gasteiger partial charge >= 0.3 is 0 Å². The minimum absolute atomic E-state index is 0.0282. The Balaban J connectivity index is 2.56. The van der Waals surface area contributed by atoms with E-state index in [2.05, 4.69) is 17.1 Å². The molecule has 0 radical (unpaired) electrons. The molecule has 0 bridgehead atoms. The van der Waals surface area contributed by atoms with Crippen LogP contribution in [0.3, 0.4) is 0 Å². The minimum atomic E-state index is -0.766. The lowest BCUT2D eigenvalue weighted by atomic mass is 10.0. The van der Waals surface area contributed by atoms with E-state index in [4.69, 9.17) is 11.5 Å². The third kappa shape index (κ3) is 5.85. The SMILES string of the molecule is CCc1c(C#N)c(SC(C(N)=O)c2ccccc2)nc(N(C)CC(=O)CCCN)c1C#N. The van der Waals surface area contributed by atoms with Crippen LogP contribution in [0, 0.1) is 22.7 Å². The summed E-state index contributed by atoms with van der Waals surface area (Å²) < 4.78 is 0. The predicted molar refractivity (Wildman–Crippen MR) is 124 cm³/mol. The molecule has 2 aromatic rings. The first-order valence-electron chi connectivity index (χ1n) is 10.2. The third-order valence-electron chi connectivity index (χ3n) is 4.85. The fourth-order valence-corrected chi connectivity index (χ4v) is 4.35. The van der Waals surface area contributed by atoms with Gasteiger partial charge in [-0.05, 0) is 30.5 Å². The molecular formula is C23H26N6O2S. The number of ketones is 1. The van der Waals surface area contributed by atoms with E-state index in [1.54, 1.807) is 36.2 Å². The molecule has 0 fully saturated rings. The van der Waals surface area contributed by atoms with Crippen molar-refractivity contribution >= 4 is 29.3 Å². The molecule has 9 heteroatoms. The van der Waals surface area contributed by atoms with Crippen molar-refractivity contribution in [3.63, 3.8) is 0 Å². The van der Waals surface area contributed by atoms with Gasteiger partial charge in [0.25, 0.3) is 0 Å². The Kier molecular flexibility index (Phi) is 9.21. The molecule has 1 amide bonds. The lowest BCUT2D eigenvalue weighted by molar-refractivity contribution is -0.118. The average molecular weight is 451 g/mol. The number of carbonyl (C=O) groups is 2. The normalized spacial score (nSPS) is 11.3. The summed E-state index contributed by atoms with van der Waals surface area (Å²) in [5.41, 5.74) is 12.8. The van der Waals surface area contributed by atoms with Gasteiger partial charge in [-0.3, -0.25) is 9.59 Å². The lowest BCUT2D eigenvalue weighted by Crippen LogP contribution is -2.28. The number of Topliss-reactive ketones (excluding diaryl/α,β-unsaturated/α-hetero) is 1. The van der Waals surface area contributed by atoms with Gasteiger partial charge < -0.3 is 16.4 Å². The number of aromatic nitrogens is 1. The number of hydrogen-bond acceptors (Lipinski definition) is 8. The van der Waals surface area contributed by atoms with E-state index in [-0.39, 0.29) is 23.5 Å². The predicted octanol–water partition coefficient (Wildman–Crippen LogP) is 2.45. The Labute approximate surface area is 192 Å². The number of nitrogens with zero attached hydrogens (tertiary/aromatic N) is 4. The van der Waals surface area contributed by atoms with Crippen molar-refractivity contribution in [1.82, 2.24) is 4.98 Å². The van der Waals surface area contributed by atoms with E-state index in [1.807, 2.05) is 13.0 Å². The molecule has 2 rings (SSSR count). The van der Waals surface area contributed by atoms with Gasteiger partial charge in [0, 0.05) is 13.5 Å². The number of amides is 1. The first-order chi connectivity index (χ1) is 15.4. The molecule has 0 saturated carbocycles. The van der Waals surface area contributed by atoms with Crippen LogP contribution in [-0.2, 0) is 16.0 Å². The number of primary amides is 1. The molecule has 8 nitrogen and oxygen atoms in total. The van der Waals surface area contributed by atoms with E-state index in [9.17, 15) is 20.1 Å². The van der Waals surface area contributed by atoms with Crippen LogP contribution in [-0.4, -0.2) is 36.8 Å². The van der Waals surface area contributed by atoms with Crippen LogP contribution in [0.2, 0.25) is 0 Å². The van der Waals surface area contributed by atoms with Crippen molar-refractivity contribution in [2.75, 3.05) is 25.0 Å². The van der Waals surface area contributed by atoms with Crippen LogP contribution in [0.15, 0.2) is 35.4 Å². The largest absolute Gasteiger partial charge is 0.368 e. The number of likely N-dealkylation sites (N-methyl/N-ethyl adjacent to an activating group) is 1. The Morgan fingerprint density at radius 1 is 1.19 bits per heavy atom. The summed E-state index contributed by atoms with van der Waals surface area (Å²) in [5, 5.41) is 19.2. The van der Waals surface area contributed by atoms with Crippen molar-refractivity contribution < 1.29 is 9.59 Å². The number of benzene rings is 1. The monoisotopic (exact) mass is 450 g/mol. The van der Waals surface area contributed by atoms with E-state index >= 15 is 0 Å². The van der Waals surface area contributed by atoms with Crippen molar-refractivity contribution in [3.05, 3.63) is 52.6 Å². The standard InChI is InChI=1S/C23H26N6O2S/c1-3-17-18(12-25)22(29(2)14-16(30)10-7-11-24)28-23(19(17)13-26)32-20(21(27)31)15-8-5-4-6-9-15/h4-6,8-9,20H,3,7,10-11,14,24H2,1-2H3,(H2,27,31). The zero-order valence-corrected chi connectivity index (χ0v) is 19.0. The Morgan fingerprint density at radius 2 is 1.84 bits per heavy atom. The van der Waals surface area contributed by atoms with E-state index < -0.39 is 11.2 Å². The highest BCUT2D eigenvalue weighted by molar-refractivity contribution is 8.00. The summed E-state index contributed by atoms with van der Waals surface area (Å²) in [7, 11) is 1.67. The summed E-state index contributed by atoms with van der Waals surface area (Å²) in [4.78, 5) is 30.7. The molecule has 1 heterocycles. The maximum atomic E-state index is 12.3. The number of nitrogens with two attached hydrogens (primary N) is 2. The van der Waals surface area contributed by atoms with E-state index in [1.165, 1.54) is 0 Å². The second-order valence-corrected chi connectivity index (χ2v) is 8.24. The lowest BCUT2D eigenvalue weighted by Gasteiger charge is -2.23. The molecular weight excluding hydrogens is 424 g/mol. The second kappa shape index (κ2) is 11.8. The van der Waals surface area contributed by atoms with Crippen LogP contribution >= 0.6 is 11.8 Å². The Hall–Kier alpha value is -3.40. The van der Waals surface area contributed by atoms with Crippen molar-refractivity contribution in [3.8, 4) is 12.1 Å². The molecule has 0 aliphatic carbocycles. The molecule has 0 aliphatic rings. The molecule has 166 valence electrons. The number of pyridine rings is 1. The number of thioether (sulfide) groups is 1. The zero-order chi connectivity index (χ0) is 23.7. The minimum Gasteiger partial charge on any atom is -0.368 e. The Morgan fingerprint density at radius 3 is 2.38 bits per heavy atom. The number of nitriles is 2. The average Bonchev–Trinajstić information content (AvgIpc) is 2.80. The van der Waals surface area contributed by atoms with Gasteiger partial charge in [0.2, 0.25) is 5.91 Å². The van der Waals surface area contributed by atoms with Crippen molar-refractivity contribution in [1.29, 1.82) is 10.5 Å². The molecule has 0 spiro atoms. The van der Waals surface area contributed by atoms with Crippen molar-refractivity contribution in [2.45, 2.75) is 36.5 Å². The quantitative estimate of drug-likeness (QED) is 0.496. The number of carbonyl (C=O) groups excluding carboxylic acids is 2. The van der Waals surface area contributed by atoms with Gasteiger partial charge in [-0.25, -0.2) is 4.98 Å². The molecule has 1 unspecified atom stereocenters. The van der Waals surface area contributed by atoms with Crippen LogP contribution in [0.5, 0.6) is 0 Å². The fraction of sp³-hybridized carbons (Fsp3) is 0.348. The molecule has 0 saturated heterocycles. The molecule has 0 aliphatic heterocycles. The summed E-state index contributed by atoms with van der Waals surface area (Å²) >= 11 is 1.07. The van der Waals surface area contributed by atoms with Gasteiger partial charge in [0.05, 0.1) is 17.7 Å². The van der Waals surface area contributed by atoms with Gasteiger partial charge in [-0.1, -0.05) is 49.0 Å². The number of anilines is 1. The molecule has 1 aromatic heterocycles. The van der Waals surface area contributed by atoms with Gasteiger partial charge in [-0.15, -0.1) is 0 Å². The number of rotatable bonds is 11. The highest BCUT2D eigenvalue weighted by Gasteiger charge is 2.27. The third-order valence-corrected chi connectivity index (χ3v) is 6.11. The zero-order valence-electron chi connectivity index (χ0n) is 18.2. The fourth-order valence-electron chi connectivity index (χ4n) is 3.29. The van der Waals surface area contributed by atoms with E-state index in [0.717, 1.165) is 11.8 Å². The van der Waals surface area contributed by atoms with Crippen LogP contribution < -0.4 is 16.4 Å². The highest BCUT2D eigenvalue weighted by Crippen LogP contribution is 2.39. The van der Waals surface area contributed by atoms with Gasteiger partial charge in [-0.2, -0.15) is 10.5 Å². The maximum Gasteiger partial charge on any atom is 0.235 e. The summed E-state index contributed by atoms with van der Waals surface area (Å²) in [6, 6.07) is 13.3. The molecule has 1 atom stereocenters. The molecule has 4 N–H and O–H groups in total. The van der Waals surface area contributed by atoms with Crippen LogP contribution in [0.25, 0.3) is 0 Å². The van der Waals surface area contributed by atoms with Crippen LogP contribution in [0.1, 0.15) is 47.3 Å². The van der Waals surface area contributed by atoms with Crippen molar-refractivity contribution in [2.24, 2.45) is 11.5 Å². The van der Waals surface area contributed by atoms with Gasteiger partial charge in [0.1, 0.15) is 28.2 Å². The highest BCUT2D eigenvalue weighted by atomic mass is 32.2. The van der Waals surface area contributed by atoms with Crippen LogP contribution in [0.4, 0.5) is 5.82 Å². The molecule has 32 heavy (non-hydrogen) atoms. The van der Waals surface area contributed by atoms with Gasteiger partial charge in [0.15, 0.2) is 5.78 Å². The topological polar surface area (TPSA) is 150 Å². The summed E-state index contributed by atoms with van der Waals surface area (Å²) in [6.07, 6.45) is 1.33.